The maximum absolute atomic E-state index is 13.9. The molecule has 7 rings (SSSR count). The zero-order valence-corrected chi connectivity index (χ0v) is 17.6. The van der Waals surface area contributed by atoms with Gasteiger partial charge in [0, 0.05) is 5.92 Å². The summed E-state index contributed by atoms with van der Waals surface area (Å²) in [5.74, 6) is -4.50. The molecule has 1 aliphatic heterocycles. The number of carboxylic acid groups (broad SMARTS) is 1. The van der Waals surface area contributed by atoms with E-state index in [2.05, 4.69) is 0 Å². The molecule has 2 atom stereocenters. The molecule has 2 unspecified atom stereocenters. The molecule has 0 spiro atoms. The van der Waals surface area contributed by atoms with Gasteiger partial charge in [-0.3, -0.25) is 14.4 Å². The highest BCUT2D eigenvalue weighted by Gasteiger charge is 2.69. The Balaban J connectivity index is 1.64. The van der Waals surface area contributed by atoms with Crippen LogP contribution in [0.1, 0.15) is 45.5 Å². The molecule has 0 N–H and O–H groups in total. The highest BCUT2D eigenvalue weighted by molar-refractivity contribution is 6.25. The Kier molecular flexibility index (Phi) is 3.85. The molecule has 1 heterocycles. The van der Waals surface area contributed by atoms with Crippen molar-refractivity contribution in [3.8, 4) is 0 Å². The quantitative estimate of drug-likeness (QED) is 0.587. The lowest BCUT2D eigenvalue weighted by atomic mass is 9.46. The molecule has 0 saturated carbocycles. The van der Waals surface area contributed by atoms with Gasteiger partial charge >= 0.3 is 0 Å². The van der Waals surface area contributed by atoms with Crippen molar-refractivity contribution in [2.45, 2.75) is 18.3 Å². The highest BCUT2D eigenvalue weighted by atomic mass is 16.4. The van der Waals surface area contributed by atoms with E-state index in [0.717, 1.165) is 27.2 Å². The van der Waals surface area contributed by atoms with Crippen LogP contribution in [0.25, 0.3) is 0 Å². The molecule has 1 saturated heterocycles. The third-order valence-corrected chi connectivity index (χ3v) is 7.51. The lowest BCUT2D eigenvalue weighted by Gasteiger charge is -2.52. The predicted octanol–water partition coefficient (Wildman–Crippen LogP) is 2.19. The van der Waals surface area contributed by atoms with E-state index in [1.165, 1.54) is 31.2 Å². The van der Waals surface area contributed by atoms with Gasteiger partial charge in [0.05, 0.1) is 28.9 Å². The molecule has 3 aliphatic carbocycles. The van der Waals surface area contributed by atoms with Crippen LogP contribution in [0.4, 0.5) is 5.69 Å². The molecule has 2 amide bonds. The third-order valence-electron chi connectivity index (χ3n) is 7.51. The predicted molar refractivity (Wildman–Crippen MR) is 116 cm³/mol. The van der Waals surface area contributed by atoms with E-state index in [0.29, 0.717) is 0 Å². The fourth-order valence-corrected chi connectivity index (χ4v) is 6.40. The van der Waals surface area contributed by atoms with E-state index in [1.54, 1.807) is 0 Å². The summed E-state index contributed by atoms with van der Waals surface area (Å²) in [5.41, 5.74) is 2.09. The second-order valence-corrected chi connectivity index (χ2v) is 8.87. The molecule has 1 fully saturated rings. The number of aromatic carboxylic acids is 1. The van der Waals surface area contributed by atoms with Gasteiger partial charge in [-0.25, -0.2) is 4.90 Å². The summed E-state index contributed by atoms with van der Waals surface area (Å²) in [6.07, 6.45) is 0. The van der Waals surface area contributed by atoms with Gasteiger partial charge in [0.1, 0.15) is 5.78 Å². The summed E-state index contributed by atoms with van der Waals surface area (Å²) in [5, 5.41) is 11.4. The Morgan fingerprint density at radius 3 is 2.03 bits per heavy atom. The van der Waals surface area contributed by atoms with E-state index in [-0.39, 0.29) is 23.0 Å². The van der Waals surface area contributed by atoms with Crippen molar-refractivity contribution >= 4 is 29.3 Å². The molecular formula is C27H18NO5-. The summed E-state index contributed by atoms with van der Waals surface area (Å²) in [7, 11) is 0. The number of Topliss-reactive ketones (excluding diaryl/α,β-unsaturated/α-hetero) is 1. The number of amides is 2. The van der Waals surface area contributed by atoms with Crippen molar-refractivity contribution < 1.29 is 24.3 Å². The number of ketones is 1. The van der Waals surface area contributed by atoms with Crippen LogP contribution in [0.2, 0.25) is 0 Å². The van der Waals surface area contributed by atoms with Crippen LogP contribution < -0.4 is 10.0 Å². The first kappa shape index (κ1) is 19.6. The van der Waals surface area contributed by atoms with Crippen molar-refractivity contribution in [2.75, 3.05) is 4.90 Å². The zero-order chi connectivity index (χ0) is 23.1. The van der Waals surface area contributed by atoms with Crippen molar-refractivity contribution in [3.05, 3.63) is 101 Å². The minimum Gasteiger partial charge on any atom is -0.545 e. The summed E-state index contributed by atoms with van der Waals surface area (Å²) < 4.78 is 0. The second kappa shape index (κ2) is 6.48. The fraction of sp³-hybridized carbons (Fsp3) is 0.185. The van der Waals surface area contributed by atoms with Gasteiger partial charge in [0.15, 0.2) is 0 Å². The van der Waals surface area contributed by atoms with Gasteiger partial charge in [-0.2, -0.15) is 0 Å². The lowest BCUT2D eigenvalue weighted by Crippen LogP contribution is -2.57. The van der Waals surface area contributed by atoms with Crippen LogP contribution in [0, 0.1) is 11.8 Å². The third kappa shape index (κ3) is 2.22. The average Bonchev–Trinajstić information content (AvgIpc) is 3.09. The monoisotopic (exact) mass is 436 g/mol. The maximum Gasteiger partial charge on any atom is 0.239 e. The molecule has 3 aromatic carbocycles. The van der Waals surface area contributed by atoms with Crippen LogP contribution in [-0.4, -0.2) is 23.6 Å². The number of anilines is 1. The maximum atomic E-state index is 13.9. The molecule has 2 bridgehead atoms. The van der Waals surface area contributed by atoms with E-state index in [4.69, 9.17) is 0 Å². The number of benzene rings is 3. The number of carbonyl (C=O) groups excluding carboxylic acids is 4. The Morgan fingerprint density at radius 1 is 0.848 bits per heavy atom. The molecule has 162 valence electrons. The van der Waals surface area contributed by atoms with Gasteiger partial charge in [0.2, 0.25) is 11.8 Å². The second-order valence-electron chi connectivity index (χ2n) is 8.87. The number of hydrogen-bond acceptors (Lipinski definition) is 5. The topological polar surface area (TPSA) is 94.6 Å². The molecule has 0 radical (unpaired) electrons. The molecular weight excluding hydrogens is 418 g/mol. The minimum absolute atomic E-state index is 0.126. The summed E-state index contributed by atoms with van der Waals surface area (Å²) >= 11 is 0. The molecule has 3 aromatic rings. The van der Waals surface area contributed by atoms with Crippen LogP contribution in [0.15, 0.2) is 72.8 Å². The molecule has 6 heteroatoms. The largest absolute Gasteiger partial charge is 0.545 e. The van der Waals surface area contributed by atoms with Crippen molar-refractivity contribution in [1.29, 1.82) is 0 Å². The fourth-order valence-electron chi connectivity index (χ4n) is 6.40. The number of hydrogen-bond donors (Lipinski definition) is 0. The van der Waals surface area contributed by atoms with E-state index in [1.807, 2.05) is 48.5 Å². The summed E-state index contributed by atoms with van der Waals surface area (Å²) in [6, 6.07) is 20.7. The first-order chi connectivity index (χ1) is 15.9. The van der Waals surface area contributed by atoms with Gasteiger partial charge in [0.25, 0.3) is 0 Å². The normalized spacial score (nSPS) is 26.6. The first-order valence-corrected chi connectivity index (χ1v) is 10.8. The van der Waals surface area contributed by atoms with Crippen molar-refractivity contribution in [1.82, 2.24) is 0 Å². The van der Waals surface area contributed by atoms with Gasteiger partial charge < -0.3 is 9.90 Å². The Labute approximate surface area is 189 Å². The number of carboxylic acids is 1. The first-order valence-electron chi connectivity index (χ1n) is 10.8. The van der Waals surface area contributed by atoms with Crippen molar-refractivity contribution in [3.63, 3.8) is 0 Å². The van der Waals surface area contributed by atoms with Gasteiger partial charge in [-0.05, 0) is 46.9 Å². The van der Waals surface area contributed by atoms with E-state index < -0.39 is 35.0 Å². The summed E-state index contributed by atoms with van der Waals surface area (Å²) in [6.45, 7) is 1.48. The zero-order valence-electron chi connectivity index (χ0n) is 17.6. The summed E-state index contributed by atoms with van der Waals surface area (Å²) in [4.78, 5) is 53.7. The SMILES string of the molecule is CC(=O)C12c3ccccc3C(c3ccccc31)C1C(=O)N(c3cccc(C(=O)[O-])c3)C(=O)C12. The Morgan fingerprint density at radius 2 is 1.45 bits per heavy atom. The molecule has 6 nitrogen and oxygen atoms in total. The standard InChI is InChI=1S/C27H19NO5/c1-14(29)27-19-11-4-2-9-17(19)21(18-10-3-5-12-20(18)27)22-23(27)25(31)28(24(22)30)16-8-6-7-15(13-16)26(32)33/h2-13,21-23H,1H3,(H,32,33)/p-1. The molecule has 0 aromatic heterocycles. The smallest absolute Gasteiger partial charge is 0.239 e. The number of rotatable bonds is 3. The number of carbonyl (C=O) groups is 4. The number of nitrogens with zero attached hydrogens (tertiary/aromatic N) is 1. The Hall–Kier alpha value is -4.06. The Bertz CT molecular complexity index is 1360. The van der Waals surface area contributed by atoms with Gasteiger partial charge in [-0.15, -0.1) is 0 Å². The van der Waals surface area contributed by atoms with E-state index in [9.17, 15) is 24.3 Å². The van der Waals surface area contributed by atoms with Crippen molar-refractivity contribution in [2.24, 2.45) is 11.8 Å². The van der Waals surface area contributed by atoms with E-state index >= 15 is 0 Å². The number of imide groups is 1. The molecule has 33 heavy (non-hydrogen) atoms. The van der Waals surface area contributed by atoms with Crippen LogP contribution in [-0.2, 0) is 19.8 Å². The van der Waals surface area contributed by atoms with Crippen LogP contribution in [0.5, 0.6) is 0 Å². The minimum atomic E-state index is -1.39. The molecule has 4 aliphatic rings. The van der Waals surface area contributed by atoms with Gasteiger partial charge in [-0.1, -0.05) is 60.7 Å². The highest BCUT2D eigenvalue weighted by Crippen LogP contribution is 2.64. The average molecular weight is 436 g/mol. The van der Waals surface area contributed by atoms with Crippen LogP contribution in [0.3, 0.4) is 0 Å². The van der Waals surface area contributed by atoms with Crippen LogP contribution >= 0.6 is 0 Å². The lowest BCUT2D eigenvalue weighted by molar-refractivity contribution is -0.255.